The highest BCUT2D eigenvalue weighted by Crippen LogP contribution is 2.49. The molecule has 2 aliphatic heterocycles. The van der Waals surface area contributed by atoms with Gasteiger partial charge in [0.2, 0.25) is 5.69 Å². The molecule has 0 saturated heterocycles. The zero-order valence-electron chi connectivity index (χ0n) is 38.0. The molecule has 0 radical (unpaired) electrons. The lowest BCUT2D eigenvalue weighted by atomic mass is 9.81. The van der Waals surface area contributed by atoms with E-state index < -0.39 is 67.7 Å². The molecule has 3 aromatic rings. The van der Waals surface area contributed by atoms with Gasteiger partial charge < -0.3 is 10.2 Å². The maximum Gasteiger partial charge on any atom is 0.294 e. The maximum atomic E-state index is 12.5. The zero-order chi connectivity index (χ0) is 51.5. The minimum absolute atomic E-state index is 0.105. The van der Waals surface area contributed by atoms with Crippen molar-refractivity contribution in [1.82, 2.24) is 0 Å². The topological polar surface area (TPSA) is 313 Å². The van der Waals surface area contributed by atoms with Crippen LogP contribution in [0.25, 0.3) is 0 Å². The van der Waals surface area contributed by atoms with Crippen molar-refractivity contribution >= 4 is 87.3 Å². The molecule has 7 N–H and O–H groups in total. The summed E-state index contributed by atoms with van der Waals surface area (Å²) in [5, 5.41) is 28.5. The first kappa shape index (κ1) is 55.3. The molecule has 0 aromatic heterocycles. The van der Waals surface area contributed by atoms with Gasteiger partial charge in [-0.15, -0.1) is 8.67 Å². The number of fused-ring (bicyclic) bond motifs is 2. The third-order valence-corrected chi connectivity index (χ3v) is 16.5. The molecular weight excluding hydrogens is 1040 g/mol. The quantitative estimate of drug-likeness (QED) is 0.0118. The second kappa shape index (κ2) is 22.0. The summed E-state index contributed by atoms with van der Waals surface area (Å²) in [6, 6.07) is 13.5. The summed E-state index contributed by atoms with van der Waals surface area (Å²) < 4.78 is 146. The Balaban J connectivity index is 1.50. The average molecular weight is 1090 g/mol. The molecular formula is C43H52N3O18S6+. The minimum atomic E-state index is -4.78. The van der Waals surface area contributed by atoms with Crippen molar-refractivity contribution in [3.05, 3.63) is 113 Å². The Hall–Kier alpha value is -4.01. The molecule has 21 nitrogen and oxygen atoms in total. The molecule has 6 rings (SSSR count). The highest BCUT2D eigenvalue weighted by molar-refractivity contribution is 7.94. The van der Waals surface area contributed by atoms with Crippen LogP contribution in [0.4, 0.5) is 17.1 Å². The van der Waals surface area contributed by atoms with Crippen LogP contribution in [0.15, 0.2) is 121 Å². The fourth-order valence-corrected chi connectivity index (χ4v) is 11.9. The van der Waals surface area contributed by atoms with Crippen molar-refractivity contribution in [1.29, 1.82) is 0 Å². The van der Waals surface area contributed by atoms with Crippen LogP contribution < -0.4 is 10.2 Å². The van der Waals surface area contributed by atoms with Gasteiger partial charge in [-0.05, 0) is 117 Å². The second-order valence-electron chi connectivity index (χ2n) is 17.5. The summed E-state index contributed by atoms with van der Waals surface area (Å²) in [6.45, 7) is 8.33. The number of hydrogen-bond donors (Lipinski definition) is 7. The smallest absolute Gasteiger partial charge is 0.294 e. The number of unbranched alkanes of at least 4 members (excludes halogenated alkanes) is 2. The van der Waals surface area contributed by atoms with Crippen molar-refractivity contribution < 1.29 is 85.7 Å². The van der Waals surface area contributed by atoms with Crippen LogP contribution >= 0.6 is 24.1 Å². The van der Waals surface area contributed by atoms with E-state index in [1.807, 2.05) is 73.6 Å². The molecule has 1 aliphatic carbocycles. The van der Waals surface area contributed by atoms with E-state index in [1.165, 1.54) is 24.3 Å². The summed E-state index contributed by atoms with van der Waals surface area (Å²) in [6.07, 6.45) is 9.32. The van der Waals surface area contributed by atoms with Gasteiger partial charge in [0.1, 0.15) is 6.54 Å². The Morgan fingerprint density at radius 2 is 1.33 bits per heavy atom. The fraction of sp³-hybridized carbons (Fsp3) is 0.372. The normalized spacial score (nSPS) is 18.2. The minimum Gasteiger partial charge on any atom is -0.355 e. The molecule has 2 heterocycles. The number of benzene rings is 3. The van der Waals surface area contributed by atoms with Gasteiger partial charge in [0.05, 0.1) is 50.8 Å². The third-order valence-electron chi connectivity index (χ3n) is 12.1. The van der Waals surface area contributed by atoms with Crippen LogP contribution in [0.2, 0.25) is 0 Å². The fourth-order valence-electron chi connectivity index (χ4n) is 8.78. The molecule has 27 heteroatoms. The third kappa shape index (κ3) is 13.5. The molecule has 3 aromatic carbocycles. The van der Waals surface area contributed by atoms with Gasteiger partial charge in [-0.2, -0.15) is 38.2 Å². The first-order valence-corrected chi connectivity index (χ1v) is 28.8. The van der Waals surface area contributed by atoms with Crippen molar-refractivity contribution in [2.75, 3.05) is 34.8 Å². The Morgan fingerprint density at radius 1 is 0.686 bits per heavy atom. The van der Waals surface area contributed by atoms with E-state index in [4.69, 9.17) is 10.5 Å². The van der Waals surface area contributed by atoms with Crippen LogP contribution in [0, 0.1) is 0 Å². The van der Waals surface area contributed by atoms with E-state index in [1.54, 1.807) is 12.1 Å². The van der Waals surface area contributed by atoms with Gasteiger partial charge in [0.15, 0.2) is 5.71 Å². The van der Waals surface area contributed by atoms with Crippen molar-refractivity contribution in [2.24, 2.45) is 0 Å². The van der Waals surface area contributed by atoms with Crippen LogP contribution in [0.5, 0.6) is 0 Å². The van der Waals surface area contributed by atoms with Crippen LogP contribution in [0.1, 0.15) is 77.3 Å². The predicted molar refractivity (Wildman–Crippen MR) is 260 cm³/mol. The summed E-state index contributed by atoms with van der Waals surface area (Å²) in [5.41, 5.74) is 4.88. The molecule has 0 atom stereocenters. The van der Waals surface area contributed by atoms with E-state index >= 15 is 0 Å². The lowest BCUT2D eigenvalue weighted by Crippen LogP contribution is -2.28. The van der Waals surface area contributed by atoms with Crippen LogP contribution in [-0.4, -0.2) is 97.3 Å². The molecule has 0 saturated carbocycles. The number of hydrogen-bond acceptors (Lipinski definition) is 18. The molecule has 0 spiro atoms. The van der Waals surface area contributed by atoms with Crippen molar-refractivity contribution in [3.8, 4) is 0 Å². The molecule has 3 aliphatic rings. The highest BCUT2D eigenvalue weighted by Gasteiger charge is 2.45. The van der Waals surface area contributed by atoms with E-state index in [0.717, 1.165) is 40.6 Å². The first-order chi connectivity index (χ1) is 32.6. The molecule has 0 amide bonds. The van der Waals surface area contributed by atoms with Crippen molar-refractivity contribution in [3.63, 3.8) is 0 Å². The first-order valence-electron chi connectivity index (χ1n) is 21.3. The van der Waals surface area contributed by atoms with E-state index in [-0.39, 0.29) is 34.9 Å². The van der Waals surface area contributed by atoms with E-state index in [2.05, 4.69) is 24.1 Å². The zero-order valence-corrected chi connectivity index (χ0v) is 42.9. The molecule has 0 bridgehead atoms. The predicted octanol–water partition coefficient (Wildman–Crippen LogP) is 8.07. The SMILES string of the molecule is CC1(C)C(C=CC2=C(Nc3cc(SOOO)cc(S(=O)(=O)O)c3)C(=C/C=C3/N(CCCCS(=O)(=O)O)c4ccc(S(=O)(=O)O)cc4C3(C)C)CC2)=[N+](CCCCS(=O)(=O)O)c2ccc(SOOO)cc21. The Kier molecular flexibility index (Phi) is 17.4. The second-order valence-corrected chi connectivity index (χ2v) is 25.0. The van der Waals surface area contributed by atoms with E-state index in [0.29, 0.717) is 77.4 Å². The van der Waals surface area contributed by atoms with E-state index in [9.17, 15) is 51.9 Å². The lowest BCUT2D eigenvalue weighted by Gasteiger charge is -2.27. The van der Waals surface area contributed by atoms with Gasteiger partial charge in [-0.1, -0.05) is 36.1 Å². The van der Waals surface area contributed by atoms with Gasteiger partial charge in [-0.25, -0.2) is 10.5 Å². The average Bonchev–Trinajstić information content (AvgIpc) is 3.81. The number of rotatable bonds is 23. The van der Waals surface area contributed by atoms with Gasteiger partial charge in [0, 0.05) is 68.6 Å². The highest BCUT2D eigenvalue weighted by atomic mass is 32.2. The monoisotopic (exact) mass is 1090 g/mol. The van der Waals surface area contributed by atoms with Gasteiger partial charge in [0.25, 0.3) is 40.5 Å². The number of nitrogens with one attached hydrogen (secondary N) is 1. The number of nitrogens with zero attached hydrogens (tertiary/aromatic N) is 2. The molecule has 382 valence electrons. The Labute approximate surface area is 414 Å². The largest absolute Gasteiger partial charge is 0.355 e. The van der Waals surface area contributed by atoms with Crippen molar-refractivity contribution in [2.45, 2.75) is 96.6 Å². The lowest BCUT2D eigenvalue weighted by molar-refractivity contribution is -0.438. The van der Waals surface area contributed by atoms with Gasteiger partial charge in [-0.3, -0.25) is 18.2 Å². The maximum absolute atomic E-state index is 12.5. The summed E-state index contributed by atoms with van der Waals surface area (Å²) in [5.74, 6) is -0.901. The summed E-state index contributed by atoms with van der Waals surface area (Å²) >= 11 is 1.24. The number of anilines is 2. The molecule has 0 fully saturated rings. The molecule has 70 heavy (non-hydrogen) atoms. The standard InChI is InChI=1S/C43H51N3O18S6/c1-42(2)35-26-31(65-63-61-47)13-15-37(35)45(19-5-7-21-67(49,50)51)39(42)17-11-28-9-10-29(41(28)44-30-23-32(66-64-62-48)25-34(24-30)70(58,59)60)12-18-40-43(3,4)36-27-33(69(55,56)57)14-16-38(36)46(40)20-6-8-22-68(52,53)54/h11-18,23-27H,5-10,19-22H2,1-4H3,(H6,47,48,49,50,51,52,53,54,55,56,57,58,59,60)/p+1/b29-12?,40-18+. The Morgan fingerprint density at radius 3 is 1.96 bits per heavy atom. The van der Waals surface area contributed by atoms with Crippen LogP contribution in [-0.2, 0) is 70.0 Å². The Bertz CT molecular complexity index is 3130. The number of allylic oxidation sites excluding steroid dienone is 7. The van der Waals surface area contributed by atoms with Crippen LogP contribution in [0.3, 0.4) is 0 Å². The van der Waals surface area contributed by atoms with Gasteiger partial charge >= 0.3 is 0 Å². The summed E-state index contributed by atoms with van der Waals surface area (Å²) in [4.78, 5) is 1.79. The molecule has 0 unspecified atom stereocenters. The summed E-state index contributed by atoms with van der Waals surface area (Å²) in [7, 11) is -17.8.